The van der Waals surface area contributed by atoms with Crippen LogP contribution >= 0.6 is 0 Å². The number of hydrogen-bond donors (Lipinski definition) is 0. The highest BCUT2D eigenvalue weighted by Crippen LogP contribution is 2.32. The summed E-state index contributed by atoms with van der Waals surface area (Å²) in [7, 11) is 0. The van der Waals surface area contributed by atoms with E-state index in [1.807, 2.05) is 0 Å². The lowest BCUT2D eigenvalue weighted by atomic mass is 9.84. The second-order valence-corrected chi connectivity index (χ2v) is 6.81. The second-order valence-electron chi connectivity index (χ2n) is 6.81. The Morgan fingerprint density at radius 2 is 1.04 bits per heavy atom. The molecular formula is C22H20O6. The molecule has 0 saturated carbocycles. The summed E-state index contributed by atoms with van der Waals surface area (Å²) in [6.45, 7) is 6.07. The molecule has 144 valence electrons. The fourth-order valence-electron chi connectivity index (χ4n) is 2.83. The van der Waals surface area contributed by atoms with Gasteiger partial charge in [0.1, 0.15) is 11.5 Å². The second kappa shape index (κ2) is 7.38. The van der Waals surface area contributed by atoms with Gasteiger partial charge in [-0.25, -0.2) is 0 Å². The zero-order chi connectivity index (χ0) is 20.6. The lowest BCUT2D eigenvalue weighted by molar-refractivity contribution is -0.123. The third kappa shape index (κ3) is 3.58. The molecule has 0 heterocycles. The Labute approximate surface area is 162 Å². The zero-order valence-electron chi connectivity index (χ0n) is 16.1. The molecule has 2 aromatic rings. The van der Waals surface area contributed by atoms with Gasteiger partial charge in [-0.15, -0.1) is 0 Å². The number of ether oxygens (including phenoxy) is 2. The van der Waals surface area contributed by atoms with Gasteiger partial charge >= 0.3 is 0 Å². The van der Waals surface area contributed by atoms with Crippen molar-refractivity contribution < 1.29 is 28.7 Å². The Morgan fingerprint density at radius 3 is 1.36 bits per heavy atom. The predicted octanol–water partition coefficient (Wildman–Crippen LogP) is 3.17. The van der Waals surface area contributed by atoms with E-state index in [9.17, 15) is 19.2 Å². The lowest BCUT2D eigenvalue weighted by Gasteiger charge is -2.20. The van der Waals surface area contributed by atoms with Gasteiger partial charge in [-0.1, -0.05) is 0 Å². The van der Waals surface area contributed by atoms with Crippen LogP contribution in [-0.4, -0.2) is 35.3 Å². The van der Waals surface area contributed by atoms with Gasteiger partial charge in [0.25, 0.3) is 0 Å². The van der Waals surface area contributed by atoms with Crippen LogP contribution < -0.4 is 9.47 Å². The van der Waals surface area contributed by atoms with E-state index in [0.29, 0.717) is 11.5 Å². The third-order valence-electron chi connectivity index (χ3n) is 4.73. The zero-order valence-corrected chi connectivity index (χ0v) is 16.1. The van der Waals surface area contributed by atoms with Gasteiger partial charge in [0, 0.05) is 22.3 Å². The van der Waals surface area contributed by atoms with Crippen LogP contribution in [0.15, 0.2) is 36.4 Å². The monoisotopic (exact) mass is 380 g/mol. The first-order chi connectivity index (χ1) is 13.2. The lowest BCUT2D eigenvalue weighted by Crippen LogP contribution is -2.24. The summed E-state index contributed by atoms with van der Waals surface area (Å²) >= 11 is 0. The van der Waals surface area contributed by atoms with Gasteiger partial charge < -0.3 is 9.47 Å². The van der Waals surface area contributed by atoms with Crippen molar-refractivity contribution in [3.05, 3.63) is 58.7 Å². The highest BCUT2D eigenvalue weighted by Gasteiger charge is 2.31. The fraction of sp³-hybridized carbons (Fsp3) is 0.273. The molecule has 0 aromatic heterocycles. The quantitative estimate of drug-likeness (QED) is 0.653. The molecular weight excluding hydrogens is 360 g/mol. The molecule has 1 aliphatic carbocycles. The van der Waals surface area contributed by atoms with E-state index in [-0.39, 0.29) is 45.4 Å². The van der Waals surface area contributed by atoms with E-state index < -0.39 is 12.2 Å². The number of hydrogen-bond acceptors (Lipinski definition) is 6. The van der Waals surface area contributed by atoms with Crippen molar-refractivity contribution in [3.63, 3.8) is 0 Å². The number of fused-ring (bicyclic) bond motifs is 2. The van der Waals surface area contributed by atoms with E-state index in [1.165, 1.54) is 38.1 Å². The minimum Gasteiger partial charge on any atom is -0.483 e. The molecule has 0 saturated heterocycles. The van der Waals surface area contributed by atoms with Gasteiger partial charge in [0.05, 0.1) is 0 Å². The maximum atomic E-state index is 12.9. The van der Waals surface area contributed by atoms with Crippen LogP contribution in [0.25, 0.3) is 0 Å². The highest BCUT2D eigenvalue weighted by molar-refractivity contribution is 6.28. The molecule has 0 amide bonds. The van der Waals surface area contributed by atoms with Crippen LogP contribution in [0.3, 0.4) is 0 Å². The molecule has 1 aliphatic rings. The fourth-order valence-corrected chi connectivity index (χ4v) is 2.83. The number of benzene rings is 2. The van der Waals surface area contributed by atoms with E-state index in [4.69, 9.17) is 9.47 Å². The highest BCUT2D eigenvalue weighted by atomic mass is 16.5. The predicted molar refractivity (Wildman–Crippen MR) is 101 cm³/mol. The summed E-state index contributed by atoms with van der Waals surface area (Å²) in [5.41, 5.74) is 0.988. The molecule has 6 nitrogen and oxygen atoms in total. The number of rotatable bonds is 6. The van der Waals surface area contributed by atoms with Gasteiger partial charge in [0.2, 0.25) is 0 Å². The summed E-state index contributed by atoms with van der Waals surface area (Å²) in [4.78, 5) is 48.6. The Balaban J connectivity index is 1.96. The molecule has 3 rings (SSSR count). The van der Waals surface area contributed by atoms with Gasteiger partial charge in [0.15, 0.2) is 35.3 Å². The molecule has 0 aliphatic heterocycles. The first-order valence-corrected chi connectivity index (χ1v) is 8.90. The summed E-state index contributed by atoms with van der Waals surface area (Å²) < 4.78 is 11.1. The van der Waals surface area contributed by atoms with Crippen molar-refractivity contribution in [1.82, 2.24) is 0 Å². The summed E-state index contributed by atoms with van der Waals surface area (Å²) in [5, 5.41) is 0. The topological polar surface area (TPSA) is 86.7 Å². The summed E-state index contributed by atoms with van der Waals surface area (Å²) in [6.07, 6.45) is -1.30. The molecule has 2 unspecified atom stereocenters. The van der Waals surface area contributed by atoms with Crippen molar-refractivity contribution in [2.45, 2.75) is 39.9 Å². The van der Waals surface area contributed by atoms with E-state index >= 15 is 0 Å². The van der Waals surface area contributed by atoms with Crippen LogP contribution in [0.2, 0.25) is 0 Å². The number of ketones is 4. The molecule has 28 heavy (non-hydrogen) atoms. The van der Waals surface area contributed by atoms with Crippen molar-refractivity contribution in [1.29, 1.82) is 0 Å². The van der Waals surface area contributed by atoms with Crippen molar-refractivity contribution in [2.24, 2.45) is 0 Å². The van der Waals surface area contributed by atoms with Gasteiger partial charge in [-0.2, -0.15) is 0 Å². The molecule has 0 N–H and O–H groups in total. The van der Waals surface area contributed by atoms with Crippen molar-refractivity contribution in [3.8, 4) is 11.5 Å². The Morgan fingerprint density at radius 1 is 0.679 bits per heavy atom. The largest absolute Gasteiger partial charge is 0.483 e. The van der Waals surface area contributed by atoms with Crippen LogP contribution in [0, 0.1) is 0 Å². The van der Waals surface area contributed by atoms with E-state index in [2.05, 4.69) is 0 Å². The Hall–Kier alpha value is -3.28. The Bertz CT molecular complexity index is 923. The van der Waals surface area contributed by atoms with E-state index in [1.54, 1.807) is 26.0 Å². The number of carbonyl (C=O) groups excluding carboxylic acids is 4. The molecule has 0 bridgehead atoms. The molecule has 0 fully saturated rings. The van der Waals surface area contributed by atoms with Crippen molar-refractivity contribution in [2.75, 3.05) is 0 Å². The normalized spacial score (nSPS) is 14.6. The maximum absolute atomic E-state index is 12.9. The molecule has 2 atom stereocenters. The third-order valence-corrected chi connectivity index (χ3v) is 4.73. The average Bonchev–Trinajstić information content (AvgIpc) is 2.65. The average molecular weight is 380 g/mol. The smallest absolute Gasteiger partial charge is 0.194 e. The van der Waals surface area contributed by atoms with E-state index in [0.717, 1.165) is 0 Å². The van der Waals surface area contributed by atoms with Crippen LogP contribution in [0.4, 0.5) is 0 Å². The number of carbonyl (C=O) groups is 4. The van der Waals surface area contributed by atoms with Gasteiger partial charge in [-0.05, 0) is 64.1 Å². The van der Waals surface area contributed by atoms with Crippen LogP contribution in [0.1, 0.15) is 59.5 Å². The molecule has 2 aromatic carbocycles. The Kier molecular flexibility index (Phi) is 5.14. The summed E-state index contributed by atoms with van der Waals surface area (Å²) in [6, 6.07) is 9.14. The minimum atomic E-state index is -0.650. The molecule has 0 spiro atoms. The minimum absolute atomic E-state index is 0.141. The molecule has 0 radical (unpaired) electrons. The standard InChI is InChI=1S/C22H20O6/c1-11(23)13(3)27-15-5-7-17-19(9-15)21(25)18-8-6-16(10-20(18)22(17)26)28-14(4)12(2)24/h5-10,13-14H,1-4H3. The first kappa shape index (κ1) is 19.5. The van der Waals surface area contributed by atoms with Crippen LogP contribution in [-0.2, 0) is 9.59 Å². The number of Topliss-reactive ketones (excluding diaryl/α,β-unsaturated/α-hetero) is 2. The maximum Gasteiger partial charge on any atom is 0.194 e. The molecule has 6 heteroatoms. The SMILES string of the molecule is CC(=O)C(C)Oc1ccc2c(c1)C(=O)c1ccc(OC(C)C(C)=O)cc1C2=O. The van der Waals surface area contributed by atoms with Gasteiger partial charge in [-0.3, -0.25) is 19.2 Å². The summed E-state index contributed by atoms with van der Waals surface area (Å²) in [5.74, 6) is -0.202. The van der Waals surface area contributed by atoms with Crippen LogP contribution in [0.5, 0.6) is 11.5 Å². The first-order valence-electron chi connectivity index (χ1n) is 8.90. The van der Waals surface area contributed by atoms with Crippen molar-refractivity contribution >= 4 is 23.1 Å².